The molecule has 29 heavy (non-hydrogen) atoms. The minimum atomic E-state index is -0.883. The molecule has 1 aromatic rings. The maximum absolute atomic E-state index is 12.8. The number of hydrogen-bond donors (Lipinski definition) is 2. The van der Waals surface area contributed by atoms with Crippen LogP contribution in [0.5, 0.6) is 5.75 Å². The molecule has 8 nitrogen and oxygen atoms in total. The number of rotatable bonds is 4. The first-order valence-electron chi connectivity index (χ1n) is 9.09. The molecule has 0 saturated carbocycles. The van der Waals surface area contributed by atoms with Gasteiger partial charge in [-0.3, -0.25) is 15.1 Å². The molecule has 1 aliphatic rings. The number of carbonyl (C=O) groups excluding carboxylic acids is 2. The van der Waals surface area contributed by atoms with Crippen molar-refractivity contribution in [3.63, 3.8) is 0 Å². The van der Waals surface area contributed by atoms with Gasteiger partial charge in [0, 0.05) is 5.56 Å². The summed E-state index contributed by atoms with van der Waals surface area (Å²) in [6.45, 7) is 10.9. The number of nitrogens with one attached hydrogen (secondary N) is 1. The number of amides is 2. The lowest BCUT2D eigenvalue weighted by molar-refractivity contribution is -0.0760. The largest absolute Gasteiger partial charge is 0.488 e. The lowest BCUT2D eigenvalue weighted by Gasteiger charge is -2.35. The summed E-state index contributed by atoms with van der Waals surface area (Å²) < 4.78 is 17.3. The molecular formula is C19H27Cl2N3O5. The average Bonchev–Trinajstić information content (AvgIpc) is 2.79. The average molecular weight is 448 g/mol. The van der Waals surface area contributed by atoms with Crippen LogP contribution in [0.2, 0.25) is 10.0 Å². The second-order valence-electron chi connectivity index (χ2n) is 8.24. The number of ether oxygens (including phenoxy) is 3. The van der Waals surface area contributed by atoms with Crippen LogP contribution in [0.3, 0.4) is 0 Å². The molecule has 2 rings (SSSR count). The Balaban J connectivity index is 2.23. The van der Waals surface area contributed by atoms with Crippen LogP contribution in [0.1, 0.15) is 51.9 Å². The van der Waals surface area contributed by atoms with E-state index in [-0.39, 0.29) is 34.1 Å². The van der Waals surface area contributed by atoms with E-state index in [1.165, 1.54) is 17.0 Å². The van der Waals surface area contributed by atoms with Crippen LogP contribution in [0, 0.1) is 0 Å². The second-order valence-corrected chi connectivity index (χ2v) is 9.06. The van der Waals surface area contributed by atoms with Gasteiger partial charge in [0.25, 0.3) is 5.91 Å². The van der Waals surface area contributed by atoms with E-state index < -0.39 is 29.4 Å². The number of hydrazine groups is 1. The molecule has 1 saturated heterocycles. The highest BCUT2D eigenvalue weighted by atomic mass is 35.5. The Morgan fingerprint density at radius 3 is 2.31 bits per heavy atom. The third kappa shape index (κ3) is 5.45. The van der Waals surface area contributed by atoms with Gasteiger partial charge in [-0.25, -0.2) is 10.6 Å². The predicted octanol–water partition coefficient (Wildman–Crippen LogP) is 3.74. The number of nitrogens with two attached hydrogens (primary N) is 1. The summed E-state index contributed by atoms with van der Waals surface area (Å²) in [7, 11) is 0. The lowest BCUT2D eigenvalue weighted by Crippen LogP contribution is -2.52. The van der Waals surface area contributed by atoms with Crippen molar-refractivity contribution in [3.8, 4) is 5.75 Å². The van der Waals surface area contributed by atoms with Crippen LogP contribution in [0.4, 0.5) is 4.79 Å². The smallest absolute Gasteiger partial charge is 0.413 e. The summed E-state index contributed by atoms with van der Waals surface area (Å²) in [5.74, 6) is 4.80. The zero-order valence-corrected chi connectivity index (χ0v) is 18.9. The normalized spacial score (nSPS) is 21.1. The highest BCUT2D eigenvalue weighted by Gasteiger charge is 2.50. The molecule has 0 unspecified atom stereocenters. The van der Waals surface area contributed by atoms with Crippen molar-refractivity contribution in [2.45, 2.75) is 65.0 Å². The molecule has 2 atom stereocenters. The van der Waals surface area contributed by atoms with Gasteiger partial charge >= 0.3 is 6.09 Å². The third-order valence-corrected chi connectivity index (χ3v) is 4.87. The topological polar surface area (TPSA) is 103 Å². The first-order chi connectivity index (χ1) is 13.3. The lowest BCUT2D eigenvalue weighted by atomic mass is 10.1. The minimum absolute atomic E-state index is 0.0612. The van der Waals surface area contributed by atoms with Crippen molar-refractivity contribution in [1.29, 1.82) is 0 Å². The molecule has 3 N–H and O–H groups in total. The van der Waals surface area contributed by atoms with E-state index in [4.69, 9.17) is 43.3 Å². The van der Waals surface area contributed by atoms with Crippen LogP contribution >= 0.6 is 23.2 Å². The van der Waals surface area contributed by atoms with Crippen molar-refractivity contribution in [1.82, 2.24) is 10.3 Å². The van der Waals surface area contributed by atoms with Gasteiger partial charge in [-0.2, -0.15) is 0 Å². The molecule has 2 amide bonds. The van der Waals surface area contributed by atoms with Crippen molar-refractivity contribution < 1.29 is 23.8 Å². The molecule has 0 radical (unpaired) electrons. The van der Waals surface area contributed by atoms with Crippen LogP contribution in [-0.4, -0.2) is 47.0 Å². The Bertz CT molecular complexity index is 772. The number of carbonyl (C=O) groups is 2. The van der Waals surface area contributed by atoms with Gasteiger partial charge in [0.1, 0.15) is 17.9 Å². The van der Waals surface area contributed by atoms with Gasteiger partial charge in [-0.05, 0) is 53.7 Å². The van der Waals surface area contributed by atoms with Gasteiger partial charge in [-0.15, -0.1) is 0 Å². The first kappa shape index (κ1) is 23.5. The van der Waals surface area contributed by atoms with Crippen LogP contribution in [0.25, 0.3) is 0 Å². The van der Waals surface area contributed by atoms with E-state index in [2.05, 4.69) is 0 Å². The van der Waals surface area contributed by atoms with Gasteiger partial charge in [0.2, 0.25) is 0 Å². The van der Waals surface area contributed by atoms with Crippen LogP contribution in [-0.2, 0) is 9.47 Å². The minimum Gasteiger partial charge on any atom is -0.488 e. The predicted molar refractivity (Wildman–Crippen MR) is 110 cm³/mol. The molecule has 0 aliphatic carbocycles. The van der Waals surface area contributed by atoms with Crippen molar-refractivity contribution in [2.75, 3.05) is 6.61 Å². The Morgan fingerprint density at radius 2 is 1.83 bits per heavy atom. The quantitative estimate of drug-likeness (QED) is 0.413. The summed E-state index contributed by atoms with van der Waals surface area (Å²) >= 11 is 12.5. The van der Waals surface area contributed by atoms with Crippen molar-refractivity contribution >= 4 is 35.2 Å². The standard InChI is InChI=1S/C19H27Cl2N3O5/c1-10-14(24(19(5,6)28-10)17(26)29-18(2,3)4)9-27-15-12(20)7-11(8-13(15)21)16(25)23-22/h7-8,10,14H,9,22H2,1-6H3,(H,23,25)/t10-,14+/m1/s1. The molecule has 1 aromatic carbocycles. The van der Waals surface area contributed by atoms with Crippen LogP contribution < -0.4 is 16.0 Å². The fraction of sp³-hybridized carbons (Fsp3) is 0.579. The summed E-state index contributed by atoms with van der Waals surface area (Å²) in [5, 5.41) is 0.288. The SMILES string of the molecule is C[C@H]1OC(C)(C)N(C(=O)OC(C)(C)C)[C@H]1COc1c(Cl)cc(C(=O)NN)cc1Cl. The van der Waals surface area contributed by atoms with E-state index >= 15 is 0 Å². The highest BCUT2D eigenvalue weighted by molar-refractivity contribution is 6.37. The van der Waals surface area contributed by atoms with Crippen molar-refractivity contribution in [3.05, 3.63) is 27.7 Å². The summed E-state index contributed by atoms with van der Waals surface area (Å²) in [4.78, 5) is 26.0. The first-order valence-corrected chi connectivity index (χ1v) is 9.85. The number of benzene rings is 1. The zero-order valence-electron chi connectivity index (χ0n) is 17.3. The number of nitrogens with zero attached hydrogens (tertiary/aromatic N) is 1. The maximum Gasteiger partial charge on any atom is 0.413 e. The van der Waals surface area contributed by atoms with E-state index in [1.807, 2.05) is 12.3 Å². The fourth-order valence-corrected chi connectivity index (χ4v) is 3.75. The molecule has 0 spiro atoms. The van der Waals surface area contributed by atoms with Crippen LogP contribution in [0.15, 0.2) is 12.1 Å². The summed E-state index contributed by atoms with van der Waals surface area (Å²) in [5.41, 5.74) is 0.671. The molecule has 1 fully saturated rings. The molecule has 0 aromatic heterocycles. The van der Waals surface area contributed by atoms with Gasteiger partial charge < -0.3 is 14.2 Å². The van der Waals surface area contributed by atoms with Crippen molar-refractivity contribution in [2.24, 2.45) is 5.84 Å². The molecule has 162 valence electrons. The molecule has 0 bridgehead atoms. The monoisotopic (exact) mass is 447 g/mol. The molecular weight excluding hydrogens is 421 g/mol. The molecule has 1 heterocycles. The van der Waals surface area contributed by atoms with Gasteiger partial charge in [0.05, 0.1) is 22.2 Å². The molecule has 10 heteroatoms. The maximum atomic E-state index is 12.8. The number of hydrogen-bond acceptors (Lipinski definition) is 6. The van der Waals surface area contributed by atoms with E-state index in [0.29, 0.717) is 0 Å². The van der Waals surface area contributed by atoms with Gasteiger partial charge in [0.15, 0.2) is 5.75 Å². The number of nitrogen functional groups attached to an aromatic ring is 1. The Hall–Kier alpha value is -1.74. The summed E-state index contributed by atoms with van der Waals surface area (Å²) in [6.07, 6.45) is -0.829. The third-order valence-electron chi connectivity index (χ3n) is 4.31. The summed E-state index contributed by atoms with van der Waals surface area (Å²) in [6, 6.07) is 2.35. The van der Waals surface area contributed by atoms with Gasteiger partial charge in [-0.1, -0.05) is 23.2 Å². The second kappa shape index (κ2) is 8.55. The highest BCUT2D eigenvalue weighted by Crippen LogP contribution is 2.37. The Labute approximate surface area is 180 Å². The molecule has 1 aliphatic heterocycles. The van der Waals surface area contributed by atoms with E-state index in [9.17, 15) is 9.59 Å². The van der Waals surface area contributed by atoms with E-state index in [1.54, 1.807) is 34.6 Å². The fourth-order valence-electron chi connectivity index (χ4n) is 3.16. The Kier molecular flexibility index (Phi) is 6.94. The van der Waals surface area contributed by atoms with E-state index in [0.717, 1.165) is 0 Å². The Morgan fingerprint density at radius 1 is 1.28 bits per heavy atom. The number of halogens is 2. The zero-order chi connectivity index (χ0) is 22.1.